The number of unbranched alkanes of at least 4 members (excludes halogenated alkanes) is 1. The second-order valence-corrected chi connectivity index (χ2v) is 4.91. The molecule has 0 saturated carbocycles. The van der Waals surface area contributed by atoms with Crippen molar-refractivity contribution in [3.63, 3.8) is 0 Å². The summed E-state index contributed by atoms with van der Waals surface area (Å²) >= 11 is 6.04. The van der Waals surface area contributed by atoms with Crippen molar-refractivity contribution >= 4 is 23.2 Å². The summed E-state index contributed by atoms with van der Waals surface area (Å²) in [6, 6.07) is 4.24. The third kappa shape index (κ3) is 3.47. The first-order valence-electron chi connectivity index (χ1n) is 6.36. The van der Waals surface area contributed by atoms with Gasteiger partial charge in [-0.3, -0.25) is 0 Å². The maximum Gasteiger partial charge on any atom is 0.207 e. The van der Waals surface area contributed by atoms with E-state index < -0.39 is 0 Å². The molecule has 0 amide bonds. The molecule has 2 rings (SSSR count). The third-order valence-corrected chi connectivity index (χ3v) is 3.15. The minimum atomic E-state index is -0.324. The second kappa shape index (κ2) is 6.06. The van der Waals surface area contributed by atoms with E-state index in [1.54, 1.807) is 0 Å². The van der Waals surface area contributed by atoms with Crippen molar-refractivity contribution in [2.75, 3.05) is 5.32 Å². The Morgan fingerprint density at radius 3 is 2.95 bits per heavy atom. The number of nitrogens with one attached hydrogen (secondary N) is 1. The molecule has 0 aliphatic rings. The fraction of sp³-hybridized carbons (Fsp3) is 0.357. The first-order valence-corrected chi connectivity index (χ1v) is 6.73. The van der Waals surface area contributed by atoms with Crippen molar-refractivity contribution in [3.05, 3.63) is 40.9 Å². The van der Waals surface area contributed by atoms with Crippen LogP contribution < -0.4 is 5.32 Å². The highest BCUT2D eigenvalue weighted by Crippen LogP contribution is 2.26. The smallest absolute Gasteiger partial charge is 0.207 e. The molecule has 0 unspecified atom stereocenters. The molecule has 0 aliphatic heterocycles. The first-order chi connectivity index (χ1) is 9.10. The molecule has 0 saturated heterocycles. The molecule has 3 nitrogen and oxygen atoms in total. The summed E-state index contributed by atoms with van der Waals surface area (Å²) < 4.78 is 15.3. The molecule has 0 spiro atoms. The van der Waals surface area contributed by atoms with Crippen LogP contribution in [0.2, 0.25) is 5.02 Å². The Morgan fingerprint density at radius 1 is 1.42 bits per heavy atom. The summed E-state index contributed by atoms with van der Waals surface area (Å²) in [6.07, 6.45) is 4.16. The number of aryl methyl sites for hydroxylation is 2. The SMILES string of the molecule is CCCCn1cc(C)nc1Nc1cc(F)ccc1Cl. The van der Waals surface area contributed by atoms with Crippen molar-refractivity contribution in [1.82, 2.24) is 9.55 Å². The average Bonchev–Trinajstić information content (AvgIpc) is 2.71. The van der Waals surface area contributed by atoms with Gasteiger partial charge in [-0.15, -0.1) is 0 Å². The predicted molar refractivity (Wildman–Crippen MR) is 76.6 cm³/mol. The first kappa shape index (κ1) is 13.9. The number of imidazole rings is 1. The van der Waals surface area contributed by atoms with Crippen LogP contribution >= 0.6 is 11.6 Å². The number of rotatable bonds is 5. The highest BCUT2D eigenvalue weighted by atomic mass is 35.5. The zero-order valence-electron chi connectivity index (χ0n) is 11.1. The van der Waals surface area contributed by atoms with E-state index in [0.717, 1.165) is 25.1 Å². The van der Waals surface area contributed by atoms with Crippen molar-refractivity contribution in [2.24, 2.45) is 0 Å². The Hall–Kier alpha value is -1.55. The summed E-state index contributed by atoms with van der Waals surface area (Å²) in [4.78, 5) is 4.40. The summed E-state index contributed by atoms with van der Waals surface area (Å²) in [5.74, 6) is 0.369. The Morgan fingerprint density at radius 2 is 2.21 bits per heavy atom. The van der Waals surface area contributed by atoms with Gasteiger partial charge in [-0.25, -0.2) is 9.37 Å². The topological polar surface area (TPSA) is 29.9 Å². The fourth-order valence-electron chi connectivity index (χ4n) is 1.86. The normalized spacial score (nSPS) is 10.7. The molecule has 102 valence electrons. The van der Waals surface area contributed by atoms with E-state index in [-0.39, 0.29) is 5.82 Å². The van der Waals surface area contributed by atoms with E-state index in [1.807, 2.05) is 17.7 Å². The molecule has 1 aromatic carbocycles. The van der Waals surface area contributed by atoms with Gasteiger partial charge in [0.1, 0.15) is 5.82 Å². The summed E-state index contributed by atoms with van der Waals surface area (Å²) in [7, 11) is 0. The Bertz CT molecular complexity index is 566. The quantitative estimate of drug-likeness (QED) is 0.873. The lowest BCUT2D eigenvalue weighted by Gasteiger charge is -2.10. The minimum Gasteiger partial charge on any atom is -0.324 e. The van der Waals surface area contributed by atoms with Crippen LogP contribution in [0.25, 0.3) is 0 Å². The number of halogens is 2. The van der Waals surface area contributed by atoms with Crippen LogP contribution in [-0.2, 0) is 6.54 Å². The van der Waals surface area contributed by atoms with Crippen LogP contribution in [-0.4, -0.2) is 9.55 Å². The van der Waals surface area contributed by atoms with E-state index in [1.165, 1.54) is 18.2 Å². The van der Waals surface area contributed by atoms with Gasteiger partial charge in [-0.05, 0) is 31.5 Å². The van der Waals surface area contributed by atoms with Crippen LogP contribution in [0, 0.1) is 12.7 Å². The molecule has 0 radical (unpaired) electrons. The van der Waals surface area contributed by atoms with Gasteiger partial charge in [0.25, 0.3) is 0 Å². The number of aromatic nitrogens is 2. The molecule has 1 N–H and O–H groups in total. The maximum atomic E-state index is 13.2. The maximum absolute atomic E-state index is 13.2. The van der Waals surface area contributed by atoms with Gasteiger partial charge in [0.05, 0.1) is 16.4 Å². The van der Waals surface area contributed by atoms with Gasteiger partial charge in [0.2, 0.25) is 5.95 Å². The molecular weight excluding hydrogens is 265 g/mol. The molecule has 0 aliphatic carbocycles. The lowest BCUT2D eigenvalue weighted by Crippen LogP contribution is -2.03. The third-order valence-electron chi connectivity index (χ3n) is 2.82. The number of benzene rings is 1. The van der Waals surface area contributed by atoms with Crippen LogP contribution in [0.1, 0.15) is 25.5 Å². The summed E-state index contributed by atoms with van der Waals surface area (Å²) in [5.41, 5.74) is 1.45. The Kier molecular flexibility index (Phi) is 4.43. The molecule has 0 atom stereocenters. The fourth-order valence-corrected chi connectivity index (χ4v) is 2.02. The van der Waals surface area contributed by atoms with E-state index in [0.29, 0.717) is 16.7 Å². The van der Waals surface area contributed by atoms with Gasteiger partial charge in [-0.1, -0.05) is 24.9 Å². The van der Waals surface area contributed by atoms with Crippen molar-refractivity contribution in [1.29, 1.82) is 0 Å². The van der Waals surface area contributed by atoms with E-state index in [4.69, 9.17) is 11.6 Å². The van der Waals surface area contributed by atoms with Crippen LogP contribution in [0.3, 0.4) is 0 Å². The van der Waals surface area contributed by atoms with Crippen molar-refractivity contribution < 1.29 is 4.39 Å². The highest BCUT2D eigenvalue weighted by molar-refractivity contribution is 6.33. The van der Waals surface area contributed by atoms with Gasteiger partial charge >= 0.3 is 0 Å². The molecule has 5 heteroatoms. The largest absolute Gasteiger partial charge is 0.324 e. The van der Waals surface area contributed by atoms with Crippen LogP contribution in [0.15, 0.2) is 24.4 Å². The molecule has 2 aromatic rings. The second-order valence-electron chi connectivity index (χ2n) is 4.50. The molecule has 19 heavy (non-hydrogen) atoms. The summed E-state index contributed by atoms with van der Waals surface area (Å²) in [6.45, 7) is 4.95. The molecule has 0 fully saturated rings. The molecular formula is C14H17ClFN3. The average molecular weight is 282 g/mol. The zero-order valence-corrected chi connectivity index (χ0v) is 11.8. The van der Waals surface area contributed by atoms with Gasteiger partial charge < -0.3 is 9.88 Å². The lowest BCUT2D eigenvalue weighted by atomic mass is 10.3. The number of hydrogen-bond donors (Lipinski definition) is 1. The minimum absolute atomic E-state index is 0.324. The predicted octanol–water partition coefficient (Wildman–Crippen LogP) is 4.53. The molecule has 0 bridgehead atoms. The van der Waals surface area contributed by atoms with Crippen molar-refractivity contribution in [3.8, 4) is 0 Å². The standard InChI is InChI=1S/C14H17ClFN3/c1-3-4-7-19-9-10(2)17-14(19)18-13-8-11(16)5-6-12(13)15/h5-6,8-9H,3-4,7H2,1-2H3,(H,17,18). The van der Waals surface area contributed by atoms with Gasteiger partial charge in [0, 0.05) is 12.7 Å². The monoisotopic (exact) mass is 281 g/mol. The van der Waals surface area contributed by atoms with E-state index >= 15 is 0 Å². The molecule has 1 heterocycles. The molecule has 1 aromatic heterocycles. The van der Waals surface area contributed by atoms with Crippen LogP contribution in [0.5, 0.6) is 0 Å². The van der Waals surface area contributed by atoms with Gasteiger partial charge in [0.15, 0.2) is 0 Å². The zero-order chi connectivity index (χ0) is 13.8. The Labute approximate surface area is 117 Å². The highest BCUT2D eigenvalue weighted by Gasteiger charge is 2.08. The summed E-state index contributed by atoms with van der Waals surface area (Å²) in [5, 5.41) is 3.57. The van der Waals surface area contributed by atoms with Crippen molar-refractivity contribution in [2.45, 2.75) is 33.2 Å². The number of nitrogens with zero attached hydrogens (tertiary/aromatic N) is 2. The lowest BCUT2D eigenvalue weighted by molar-refractivity contribution is 0.627. The number of hydrogen-bond acceptors (Lipinski definition) is 2. The van der Waals surface area contributed by atoms with E-state index in [2.05, 4.69) is 17.2 Å². The van der Waals surface area contributed by atoms with Gasteiger partial charge in [-0.2, -0.15) is 0 Å². The van der Waals surface area contributed by atoms with E-state index in [9.17, 15) is 4.39 Å². The Balaban J connectivity index is 2.24. The van der Waals surface area contributed by atoms with Crippen LogP contribution in [0.4, 0.5) is 16.0 Å². The number of anilines is 2.